The highest BCUT2D eigenvalue weighted by Crippen LogP contribution is 2.14. The van der Waals surface area contributed by atoms with Crippen molar-refractivity contribution in [2.75, 3.05) is 13.1 Å². The topological polar surface area (TPSA) is 113 Å². The predicted octanol–water partition coefficient (Wildman–Crippen LogP) is -0.439. The summed E-state index contributed by atoms with van der Waals surface area (Å²) >= 11 is 0. The van der Waals surface area contributed by atoms with E-state index >= 15 is 0 Å². The minimum absolute atomic E-state index is 0.293. The lowest BCUT2D eigenvalue weighted by atomic mass is 10.1. The van der Waals surface area contributed by atoms with E-state index in [0.717, 1.165) is 5.56 Å². The van der Waals surface area contributed by atoms with Crippen LogP contribution in [0.4, 0.5) is 0 Å². The van der Waals surface area contributed by atoms with Crippen LogP contribution in [0.15, 0.2) is 24.3 Å². The van der Waals surface area contributed by atoms with Gasteiger partial charge in [0, 0.05) is 25.2 Å². The Balaban J connectivity index is 2.21. The quantitative estimate of drug-likeness (QED) is 0.696. The second-order valence-electron chi connectivity index (χ2n) is 4.80. The summed E-state index contributed by atoms with van der Waals surface area (Å²) in [7, 11) is 0. The van der Waals surface area contributed by atoms with E-state index in [4.69, 9.17) is 10.8 Å². The Morgan fingerprint density at radius 2 is 2.00 bits per heavy atom. The average molecular weight is 291 g/mol. The largest absolute Gasteiger partial charge is 0.481 e. The van der Waals surface area contributed by atoms with Crippen LogP contribution in [0.5, 0.6) is 0 Å². The maximum Gasteiger partial charge on any atom is 0.305 e. The Hall–Kier alpha value is -2.41. The molecule has 112 valence electrons. The summed E-state index contributed by atoms with van der Waals surface area (Å²) in [6.07, 6.45) is -0.404. The first kappa shape index (κ1) is 15.0. The molecule has 4 N–H and O–H groups in total. The van der Waals surface area contributed by atoms with Crippen LogP contribution in [0, 0.1) is 0 Å². The number of carbonyl (C=O) groups is 3. The van der Waals surface area contributed by atoms with Gasteiger partial charge >= 0.3 is 5.97 Å². The number of nitrogens with two attached hydrogens (primary N) is 1. The highest BCUT2D eigenvalue weighted by Gasteiger charge is 2.34. The number of nitrogens with one attached hydrogen (secondary N) is 1. The summed E-state index contributed by atoms with van der Waals surface area (Å²) in [4.78, 5) is 36.4. The van der Waals surface area contributed by atoms with Gasteiger partial charge in [0.05, 0.1) is 6.42 Å². The molecule has 7 nitrogen and oxygen atoms in total. The number of aliphatic carboxylic acids is 1. The first-order chi connectivity index (χ1) is 10.0. The summed E-state index contributed by atoms with van der Waals surface area (Å²) in [6, 6.07) is 5.77. The third-order valence-electron chi connectivity index (χ3n) is 3.40. The minimum atomic E-state index is -1.12. The molecule has 0 spiro atoms. The summed E-state index contributed by atoms with van der Waals surface area (Å²) in [5, 5.41) is 11.5. The normalized spacial score (nSPS) is 18.2. The van der Waals surface area contributed by atoms with Crippen LogP contribution in [0.3, 0.4) is 0 Å². The molecule has 1 aliphatic rings. The number of carboxylic acids is 1. The molecule has 2 rings (SSSR count). The highest BCUT2D eigenvalue weighted by molar-refractivity contribution is 5.99. The fraction of sp³-hybridized carbons (Fsp3) is 0.357. The van der Waals surface area contributed by atoms with E-state index in [-0.39, 0.29) is 5.91 Å². The van der Waals surface area contributed by atoms with E-state index in [2.05, 4.69) is 5.32 Å². The number of carboxylic acid groups (broad SMARTS) is 1. The third kappa shape index (κ3) is 3.38. The standard InChI is InChI=1S/C14H17N3O4/c15-8-9-1-3-10(4-2-9)14(21)17-6-5-16-13(20)11(17)7-12(18)19/h1-4,11H,5-8,15H2,(H,16,20)(H,18,19). The van der Waals surface area contributed by atoms with E-state index in [9.17, 15) is 14.4 Å². The number of carbonyl (C=O) groups excluding carboxylic acids is 2. The molecule has 1 unspecified atom stereocenters. The van der Waals surface area contributed by atoms with Crippen molar-refractivity contribution in [3.63, 3.8) is 0 Å². The maximum absolute atomic E-state index is 12.5. The molecular formula is C14H17N3O4. The first-order valence-corrected chi connectivity index (χ1v) is 6.62. The Morgan fingerprint density at radius 3 is 2.57 bits per heavy atom. The van der Waals surface area contributed by atoms with Crippen molar-refractivity contribution >= 4 is 17.8 Å². The van der Waals surface area contributed by atoms with Gasteiger partial charge in [0.15, 0.2) is 0 Å². The van der Waals surface area contributed by atoms with Gasteiger partial charge in [-0.2, -0.15) is 0 Å². The lowest BCUT2D eigenvalue weighted by Gasteiger charge is -2.34. The van der Waals surface area contributed by atoms with Gasteiger partial charge in [0.2, 0.25) is 5.91 Å². The zero-order valence-corrected chi connectivity index (χ0v) is 11.4. The summed E-state index contributed by atoms with van der Waals surface area (Å²) in [6.45, 7) is 0.991. The molecule has 0 saturated carbocycles. The fourth-order valence-corrected chi connectivity index (χ4v) is 2.28. The van der Waals surface area contributed by atoms with E-state index in [1.165, 1.54) is 4.90 Å². The van der Waals surface area contributed by atoms with Crippen LogP contribution in [-0.4, -0.2) is 46.9 Å². The van der Waals surface area contributed by atoms with E-state index in [1.54, 1.807) is 24.3 Å². The fourth-order valence-electron chi connectivity index (χ4n) is 2.28. The Morgan fingerprint density at radius 1 is 1.33 bits per heavy atom. The van der Waals surface area contributed by atoms with Crippen molar-refractivity contribution in [2.45, 2.75) is 19.0 Å². The van der Waals surface area contributed by atoms with E-state index < -0.39 is 24.3 Å². The van der Waals surface area contributed by atoms with E-state index in [0.29, 0.717) is 25.2 Å². The zero-order chi connectivity index (χ0) is 15.4. The zero-order valence-electron chi connectivity index (χ0n) is 11.4. The van der Waals surface area contributed by atoms with Crippen molar-refractivity contribution in [1.29, 1.82) is 0 Å². The highest BCUT2D eigenvalue weighted by atomic mass is 16.4. The third-order valence-corrected chi connectivity index (χ3v) is 3.40. The van der Waals surface area contributed by atoms with Crippen molar-refractivity contribution < 1.29 is 19.5 Å². The smallest absolute Gasteiger partial charge is 0.305 e. The molecule has 0 aliphatic carbocycles. The summed E-state index contributed by atoms with van der Waals surface area (Å²) < 4.78 is 0. The summed E-state index contributed by atoms with van der Waals surface area (Å²) in [5.41, 5.74) is 6.81. The number of piperazine rings is 1. The van der Waals surface area contributed by atoms with Gasteiger partial charge in [-0.15, -0.1) is 0 Å². The average Bonchev–Trinajstić information content (AvgIpc) is 2.48. The molecule has 2 amide bonds. The SMILES string of the molecule is NCc1ccc(C(=O)N2CCNC(=O)C2CC(=O)O)cc1. The number of amides is 2. The second-order valence-corrected chi connectivity index (χ2v) is 4.80. The molecule has 1 fully saturated rings. The molecule has 0 aromatic heterocycles. The number of hydrogen-bond acceptors (Lipinski definition) is 4. The van der Waals surface area contributed by atoms with Crippen molar-refractivity contribution in [3.8, 4) is 0 Å². The molecule has 1 saturated heterocycles. The van der Waals surface area contributed by atoms with Crippen molar-refractivity contribution in [2.24, 2.45) is 5.73 Å². The maximum atomic E-state index is 12.5. The van der Waals surface area contributed by atoms with Crippen molar-refractivity contribution in [1.82, 2.24) is 10.2 Å². The van der Waals surface area contributed by atoms with Crippen LogP contribution >= 0.6 is 0 Å². The number of benzene rings is 1. The monoisotopic (exact) mass is 291 g/mol. The molecule has 0 bridgehead atoms. The van der Waals surface area contributed by atoms with Gasteiger partial charge in [-0.3, -0.25) is 14.4 Å². The van der Waals surface area contributed by atoms with Gasteiger partial charge in [0.25, 0.3) is 5.91 Å². The van der Waals surface area contributed by atoms with Crippen LogP contribution in [0.2, 0.25) is 0 Å². The number of nitrogens with zero attached hydrogens (tertiary/aromatic N) is 1. The lowest BCUT2D eigenvalue weighted by Crippen LogP contribution is -2.57. The molecule has 0 radical (unpaired) electrons. The second kappa shape index (κ2) is 6.36. The minimum Gasteiger partial charge on any atom is -0.481 e. The Bertz CT molecular complexity index is 556. The first-order valence-electron chi connectivity index (χ1n) is 6.62. The summed E-state index contributed by atoms with van der Waals surface area (Å²) in [5.74, 6) is -1.90. The number of rotatable bonds is 4. The van der Waals surface area contributed by atoms with Crippen LogP contribution in [0.1, 0.15) is 22.3 Å². The van der Waals surface area contributed by atoms with Crippen LogP contribution in [0.25, 0.3) is 0 Å². The van der Waals surface area contributed by atoms with Crippen LogP contribution < -0.4 is 11.1 Å². The Kier molecular flexibility index (Phi) is 4.54. The molecule has 7 heteroatoms. The van der Waals surface area contributed by atoms with Gasteiger partial charge in [-0.25, -0.2) is 0 Å². The molecular weight excluding hydrogens is 274 g/mol. The van der Waals surface area contributed by atoms with Gasteiger partial charge < -0.3 is 21.1 Å². The molecule has 1 aliphatic heterocycles. The molecule has 1 aromatic rings. The van der Waals surface area contributed by atoms with Gasteiger partial charge in [0.1, 0.15) is 6.04 Å². The van der Waals surface area contributed by atoms with Crippen molar-refractivity contribution in [3.05, 3.63) is 35.4 Å². The molecule has 1 heterocycles. The molecule has 1 atom stereocenters. The van der Waals surface area contributed by atoms with E-state index in [1.807, 2.05) is 0 Å². The van der Waals surface area contributed by atoms with Gasteiger partial charge in [-0.05, 0) is 17.7 Å². The number of hydrogen-bond donors (Lipinski definition) is 3. The molecule has 1 aromatic carbocycles. The lowest BCUT2D eigenvalue weighted by molar-refractivity contribution is -0.142. The Labute approximate surface area is 121 Å². The molecule has 21 heavy (non-hydrogen) atoms. The predicted molar refractivity (Wildman–Crippen MR) is 74.4 cm³/mol. The van der Waals surface area contributed by atoms with Gasteiger partial charge in [-0.1, -0.05) is 12.1 Å². The van der Waals surface area contributed by atoms with Crippen LogP contribution in [-0.2, 0) is 16.1 Å².